The Morgan fingerprint density at radius 2 is 1.39 bits per heavy atom. The fraction of sp³-hybridized carbons (Fsp3) is 0.875. The number of aliphatic hydroxyl groups excluding tert-OH is 1. The zero-order valence-corrected chi connectivity index (χ0v) is 27.4. The number of halogens is 2. The maximum atomic E-state index is 14.3. The number of alkyl halides is 2. The van der Waals surface area contributed by atoms with Gasteiger partial charge in [0.15, 0.2) is 0 Å². The normalized spacial score (nSPS) is 27.0. The number of nitrogens with zero attached hydrogens (tertiary/aromatic N) is 2. The standard InChI is InChI=1S/C32H57F2N5O5/c1-6-9-38(10-7-2)32(44)24-16-22(29(35)41)15-23(17-24)31(43)36-27(14-21-12-25(33)18-26(34)13-21)28(40)19-39(11-8-3)37-30(42)20(4)5/h20-28,40H,6-19H2,1-5H3,(H2,35,41)(H,36,43)(H,37,42). The van der Waals surface area contributed by atoms with E-state index in [1.165, 1.54) is 0 Å². The van der Waals surface area contributed by atoms with E-state index in [1.807, 2.05) is 20.8 Å². The smallest absolute Gasteiger partial charge is 0.236 e. The number of amides is 4. The number of primary amides is 1. The first-order valence-electron chi connectivity index (χ1n) is 16.7. The molecular formula is C32H57F2N5O5. The van der Waals surface area contributed by atoms with Crippen LogP contribution >= 0.6 is 0 Å². The molecule has 2 rings (SSSR count). The minimum absolute atomic E-state index is 0.000752. The van der Waals surface area contributed by atoms with Gasteiger partial charge in [0.1, 0.15) is 12.3 Å². The van der Waals surface area contributed by atoms with Crippen LogP contribution in [0.15, 0.2) is 0 Å². The topological polar surface area (TPSA) is 145 Å². The number of carbonyl (C=O) groups is 4. The van der Waals surface area contributed by atoms with Crippen molar-refractivity contribution in [3.05, 3.63) is 0 Å². The van der Waals surface area contributed by atoms with Gasteiger partial charge in [0.05, 0.1) is 12.1 Å². The van der Waals surface area contributed by atoms with Crippen LogP contribution in [0, 0.1) is 29.6 Å². The van der Waals surface area contributed by atoms with E-state index in [0.29, 0.717) is 26.1 Å². The number of aliphatic hydroxyl groups is 1. The molecule has 0 radical (unpaired) electrons. The Balaban J connectivity index is 2.28. The van der Waals surface area contributed by atoms with E-state index in [1.54, 1.807) is 23.8 Å². The van der Waals surface area contributed by atoms with Crippen LogP contribution in [0.2, 0.25) is 0 Å². The van der Waals surface area contributed by atoms with E-state index < -0.39 is 60.0 Å². The molecule has 0 saturated heterocycles. The van der Waals surface area contributed by atoms with E-state index in [-0.39, 0.29) is 69.2 Å². The highest BCUT2D eigenvalue weighted by atomic mass is 19.1. The van der Waals surface area contributed by atoms with Crippen molar-refractivity contribution in [1.29, 1.82) is 0 Å². The van der Waals surface area contributed by atoms with E-state index in [0.717, 1.165) is 12.8 Å². The molecule has 0 aromatic heterocycles. The summed E-state index contributed by atoms with van der Waals surface area (Å²) in [5.41, 5.74) is 8.50. The number of rotatable bonds is 17. The average molecular weight is 630 g/mol. The van der Waals surface area contributed by atoms with E-state index in [2.05, 4.69) is 10.7 Å². The molecule has 7 unspecified atom stereocenters. The number of nitrogens with two attached hydrogens (primary N) is 1. The van der Waals surface area contributed by atoms with Gasteiger partial charge in [-0.25, -0.2) is 13.8 Å². The van der Waals surface area contributed by atoms with E-state index in [9.17, 15) is 33.1 Å². The van der Waals surface area contributed by atoms with Crippen molar-refractivity contribution in [2.24, 2.45) is 35.3 Å². The molecule has 0 aliphatic heterocycles. The molecule has 0 spiro atoms. The van der Waals surface area contributed by atoms with Crippen molar-refractivity contribution in [1.82, 2.24) is 20.7 Å². The Morgan fingerprint density at radius 3 is 1.91 bits per heavy atom. The third-order valence-electron chi connectivity index (χ3n) is 8.89. The zero-order valence-electron chi connectivity index (χ0n) is 27.4. The lowest BCUT2D eigenvalue weighted by molar-refractivity contribution is -0.141. The van der Waals surface area contributed by atoms with Crippen LogP contribution in [0.3, 0.4) is 0 Å². The lowest BCUT2D eigenvalue weighted by atomic mass is 9.73. The molecule has 0 bridgehead atoms. The van der Waals surface area contributed by atoms with Crippen LogP contribution in [0.25, 0.3) is 0 Å². The molecule has 7 atom stereocenters. The van der Waals surface area contributed by atoms with Crippen LogP contribution in [-0.4, -0.2) is 89.3 Å². The van der Waals surface area contributed by atoms with Gasteiger partial charge < -0.3 is 21.1 Å². The van der Waals surface area contributed by atoms with Gasteiger partial charge >= 0.3 is 0 Å². The minimum atomic E-state index is -1.30. The number of hydrogen-bond donors (Lipinski definition) is 4. The first kappa shape index (κ1) is 37.8. The highest BCUT2D eigenvalue weighted by molar-refractivity contribution is 5.85. The summed E-state index contributed by atoms with van der Waals surface area (Å²) in [6.07, 6.45) is -0.499. The SMILES string of the molecule is CCCN(CC(O)C(CC1CC(F)CC(F)C1)NC(=O)C1CC(C(N)=O)CC(C(=O)N(CCC)CCC)C1)NC(=O)C(C)C. The summed E-state index contributed by atoms with van der Waals surface area (Å²) in [5.74, 6) is -3.84. The largest absolute Gasteiger partial charge is 0.390 e. The summed E-state index contributed by atoms with van der Waals surface area (Å²) >= 11 is 0. The van der Waals surface area contributed by atoms with Crippen molar-refractivity contribution in [2.45, 2.75) is 123 Å². The number of hydrogen-bond acceptors (Lipinski definition) is 6. The number of hydrazine groups is 1. The number of nitrogens with one attached hydrogen (secondary N) is 2. The van der Waals surface area contributed by atoms with Crippen molar-refractivity contribution in [3.63, 3.8) is 0 Å². The molecule has 2 aliphatic carbocycles. The van der Waals surface area contributed by atoms with Gasteiger partial charge in [-0.1, -0.05) is 34.6 Å². The van der Waals surface area contributed by atoms with Crippen molar-refractivity contribution < 1.29 is 33.1 Å². The van der Waals surface area contributed by atoms with Gasteiger partial charge in [0.25, 0.3) is 0 Å². The summed E-state index contributed by atoms with van der Waals surface area (Å²) in [4.78, 5) is 53.8. The Morgan fingerprint density at radius 1 is 0.841 bits per heavy atom. The molecule has 2 aliphatic rings. The van der Waals surface area contributed by atoms with Gasteiger partial charge in [-0.15, -0.1) is 0 Å². The molecule has 10 nitrogen and oxygen atoms in total. The second-order valence-electron chi connectivity index (χ2n) is 13.3. The van der Waals surface area contributed by atoms with Gasteiger partial charge in [0.2, 0.25) is 23.6 Å². The third-order valence-corrected chi connectivity index (χ3v) is 8.89. The predicted octanol–water partition coefficient (Wildman–Crippen LogP) is 3.26. The second kappa shape index (κ2) is 18.6. The fourth-order valence-corrected chi connectivity index (χ4v) is 6.65. The van der Waals surface area contributed by atoms with Gasteiger partial charge in [-0.3, -0.25) is 24.6 Å². The summed E-state index contributed by atoms with van der Waals surface area (Å²) in [7, 11) is 0. The fourth-order valence-electron chi connectivity index (χ4n) is 6.65. The Hall–Kier alpha value is -2.34. The molecule has 2 saturated carbocycles. The summed E-state index contributed by atoms with van der Waals surface area (Å²) in [6, 6.07) is -0.861. The lowest BCUT2D eigenvalue weighted by Crippen LogP contribution is -2.55. The summed E-state index contributed by atoms with van der Waals surface area (Å²) in [5, 5.41) is 16.0. The highest BCUT2D eigenvalue weighted by Gasteiger charge is 2.41. The molecular weight excluding hydrogens is 572 g/mol. The maximum absolute atomic E-state index is 14.3. The van der Waals surface area contributed by atoms with Crippen LogP contribution in [-0.2, 0) is 19.2 Å². The van der Waals surface area contributed by atoms with Gasteiger partial charge in [-0.2, -0.15) is 0 Å². The summed E-state index contributed by atoms with van der Waals surface area (Å²) in [6.45, 7) is 11.1. The molecule has 254 valence electrons. The Labute approximate surface area is 262 Å². The minimum Gasteiger partial charge on any atom is -0.390 e. The summed E-state index contributed by atoms with van der Waals surface area (Å²) < 4.78 is 28.6. The molecule has 0 heterocycles. The Bertz CT molecular complexity index is 925. The molecule has 2 fully saturated rings. The molecule has 12 heteroatoms. The van der Waals surface area contributed by atoms with E-state index >= 15 is 0 Å². The van der Waals surface area contributed by atoms with Crippen molar-refractivity contribution in [2.75, 3.05) is 26.2 Å². The third kappa shape index (κ3) is 11.9. The first-order chi connectivity index (χ1) is 20.8. The predicted molar refractivity (Wildman–Crippen MR) is 165 cm³/mol. The van der Waals surface area contributed by atoms with Crippen LogP contribution < -0.4 is 16.5 Å². The number of carbonyl (C=O) groups excluding carboxylic acids is 4. The highest BCUT2D eigenvalue weighted by Crippen LogP contribution is 2.36. The van der Waals surface area contributed by atoms with E-state index in [4.69, 9.17) is 5.73 Å². The molecule has 0 aromatic carbocycles. The molecule has 5 N–H and O–H groups in total. The monoisotopic (exact) mass is 629 g/mol. The van der Waals surface area contributed by atoms with Gasteiger partial charge in [-0.05, 0) is 63.7 Å². The lowest BCUT2D eigenvalue weighted by Gasteiger charge is -2.37. The molecule has 44 heavy (non-hydrogen) atoms. The maximum Gasteiger partial charge on any atom is 0.236 e. The van der Waals surface area contributed by atoms with Crippen LogP contribution in [0.1, 0.15) is 98.8 Å². The van der Waals surface area contributed by atoms with Crippen LogP contribution in [0.4, 0.5) is 8.78 Å². The van der Waals surface area contributed by atoms with Crippen molar-refractivity contribution >= 4 is 23.6 Å². The second-order valence-corrected chi connectivity index (χ2v) is 13.3. The molecule has 0 aromatic rings. The average Bonchev–Trinajstić information content (AvgIpc) is 2.95. The quantitative estimate of drug-likeness (QED) is 0.182. The first-order valence-corrected chi connectivity index (χ1v) is 16.7. The van der Waals surface area contributed by atoms with Crippen molar-refractivity contribution in [3.8, 4) is 0 Å². The van der Waals surface area contributed by atoms with Gasteiger partial charge in [0, 0.05) is 56.3 Å². The zero-order chi connectivity index (χ0) is 33.0. The molecule has 4 amide bonds. The van der Waals surface area contributed by atoms with Crippen LogP contribution in [0.5, 0.6) is 0 Å². The Kier molecular flexibility index (Phi) is 16.0.